The van der Waals surface area contributed by atoms with Gasteiger partial charge in [0.25, 0.3) is 0 Å². The van der Waals surface area contributed by atoms with E-state index in [9.17, 15) is 9.59 Å². The Kier molecular flexibility index (Phi) is 5.42. The molecule has 0 bridgehead atoms. The number of carbonyl (C=O) groups is 2. The lowest BCUT2D eigenvalue weighted by atomic mass is 10.2. The Morgan fingerprint density at radius 2 is 1.12 bits per heavy atom. The molecule has 0 aliphatic heterocycles. The number of azo groups is 1. The van der Waals surface area contributed by atoms with Crippen LogP contribution < -0.4 is 10.6 Å². The number of hydrogen-bond acceptors (Lipinski definition) is 4. The van der Waals surface area contributed by atoms with Gasteiger partial charge in [0, 0.05) is 25.2 Å². The fraction of sp³-hybridized carbons (Fsp3) is 0.222. The molecule has 124 valence electrons. The van der Waals surface area contributed by atoms with Gasteiger partial charge in [0.15, 0.2) is 0 Å². The summed E-state index contributed by atoms with van der Waals surface area (Å²) in [6.07, 6.45) is 0. The molecule has 0 saturated heterocycles. The molecule has 0 aromatic heterocycles. The first-order valence-electron chi connectivity index (χ1n) is 7.53. The van der Waals surface area contributed by atoms with E-state index in [1.165, 1.54) is 13.8 Å². The minimum Gasteiger partial charge on any atom is -0.326 e. The van der Waals surface area contributed by atoms with Crippen molar-refractivity contribution < 1.29 is 9.59 Å². The molecule has 24 heavy (non-hydrogen) atoms. The molecule has 2 aromatic carbocycles. The predicted molar refractivity (Wildman–Crippen MR) is 95.1 cm³/mol. The highest BCUT2D eigenvalue weighted by Gasteiger charge is 2.04. The van der Waals surface area contributed by atoms with Crippen LogP contribution in [0.4, 0.5) is 22.7 Å². The third kappa shape index (κ3) is 4.74. The van der Waals surface area contributed by atoms with E-state index < -0.39 is 0 Å². The molecular weight excluding hydrogens is 304 g/mol. The van der Waals surface area contributed by atoms with Crippen LogP contribution in [0.5, 0.6) is 0 Å². The summed E-state index contributed by atoms with van der Waals surface area (Å²) in [7, 11) is 0. The van der Waals surface area contributed by atoms with E-state index in [0.717, 1.165) is 11.1 Å². The molecule has 2 rings (SSSR count). The molecule has 0 aliphatic rings. The van der Waals surface area contributed by atoms with E-state index >= 15 is 0 Å². The topological polar surface area (TPSA) is 82.9 Å². The average molecular weight is 324 g/mol. The van der Waals surface area contributed by atoms with Gasteiger partial charge < -0.3 is 10.6 Å². The van der Waals surface area contributed by atoms with Crippen molar-refractivity contribution in [1.82, 2.24) is 0 Å². The fourth-order valence-corrected chi connectivity index (χ4v) is 2.10. The van der Waals surface area contributed by atoms with Crippen molar-refractivity contribution >= 4 is 34.6 Å². The summed E-state index contributed by atoms with van der Waals surface area (Å²) in [5.74, 6) is -0.277. The molecular formula is C18H20N4O2. The molecule has 0 saturated carbocycles. The Labute approximate surface area is 141 Å². The van der Waals surface area contributed by atoms with Gasteiger partial charge in [-0.05, 0) is 49.2 Å². The van der Waals surface area contributed by atoms with Crippen LogP contribution >= 0.6 is 0 Å². The Hall–Kier alpha value is -3.02. The van der Waals surface area contributed by atoms with Crippen molar-refractivity contribution in [1.29, 1.82) is 0 Å². The van der Waals surface area contributed by atoms with E-state index in [1.54, 1.807) is 12.1 Å². The van der Waals surface area contributed by atoms with Gasteiger partial charge >= 0.3 is 0 Å². The summed E-state index contributed by atoms with van der Waals surface area (Å²) in [6, 6.07) is 10.9. The molecule has 0 fully saturated rings. The first kappa shape index (κ1) is 17.3. The largest absolute Gasteiger partial charge is 0.326 e. The summed E-state index contributed by atoms with van der Waals surface area (Å²) in [6.45, 7) is 6.76. The zero-order valence-electron chi connectivity index (χ0n) is 14.2. The lowest BCUT2D eigenvalue weighted by Gasteiger charge is -2.06. The monoisotopic (exact) mass is 324 g/mol. The van der Waals surface area contributed by atoms with Crippen molar-refractivity contribution in [3.63, 3.8) is 0 Å². The van der Waals surface area contributed by atoms with Gasteiger partial charge in [-0.25, -0.2) is 0 Å². The van der Waals surface area contributed by atoms with E-state index in [4.69, 9.17) is 0 Å². The SMILES string of the molecule is CC(=O)Nc1ccc(C)c(N=Nc2cc(NC(C)=O)ccc2C)c1. The number of nitrogens with zero attached hydrogens (tertiary/aromatic N) is 2. The molecule has 2 N–H and O–H groups in total. The van der Waals surface area contributed by atoms with Crippen LogP contribution in [0.3, 0.4) is 0 Å². The van der Waals surface area contributed by atoms with Crippen LogP contribution in [0, 0.1) is 13.8 Å². The number of anilines is 2. The molecule has 0 spiro atoms. The second-order valence-electron chi connectivity index (χ2n) is 5.56. The Morgan fingerprint density at radius 3 is 1.46 bits per heavy atom. The van der Waals surface area contributed by atoms with E-state index in [2.05, 4.69) is 20.9 Å². The van der Waals surface area contributed by atoms with E-state index in [0.29, 0.717) is 22.7 Å². The predicted octanol–water partition coefficient (Wildman–Crippen LogP) is 4.64. The van der Waals surface area contributed by atoms with Gasteiger partial charge in [0.1, 0.15) is 0 Å². The summed E-state index contributed by atoms with van der Waals surface area (Å²) >= 11 is 0. The average Bonchev–Trinajstić information content (AvgIpc) is 2.49. The lowest BCUT2D eigenvalue weighted by Crippen LogP contribution is -2.05. The lowest BCUT2D eigenvalue weighted by molar-refractivity contribution is -0.115. The first-order chi connectivity index (χ1) is 11.3. The van der Waals surface area contributed by atoms with Crippen molar-refractivity contribution in [2.75, 3.05) is 10.6 Å². The van der Waals surface area contributed by atoms with E-state index in [1.807, 2.05) is 38.1 Å². The molecule has 0 aliphatic carbocycles. The Morgan fingerprint density at radius 1 is 0.750 bits per heavy atom. The van der Waals surface area contributed by atoms with Gasteiger partial charge in [0.05, 0.1) is 11.4 Å². The van der Waals surface area contributed by atoms with Crippen molar-refractivity contribution in [3.05, 3.63) is 47.5 Å². The molecule has 0 heterocycles. The maximum Gasteiger partial charge on any atom is 0.221 e. The fourth-order valence-electron chi connectivity index (χ4n) is 2.10. The van der Waals surface area contributed by atoms with Crippen molar-refractivity contribution in [2.24, 2.45) is 10.2 Å². The number of rotatable bonds is 4. The minimum atomic E-state index is -0.138. The second-order valence-corrected chi connectivity index (χ2v) is 5.56. The quantitative estimate of drug-likeness (QED) is 0.803. The summed E-state index contributed by atoms with van der Waals surface area (Å²) in [5, 5.41) is 14.0. The molecule has 0 radical (unpaired) electrons. The van der Waals surface area contributed by atoms with Crippen LogP contribution in [0.15, 0.2) is 46.6 Å². The van der Waals surface area contributed by atoms with Crippen LogP contribution in [0.1, 0.15) is 25.0 Å². The van der Waals surface area contributed by atoms with Crippen LogP contribution in [0.2, 0.25) is 0 Å². The van der Waals surface area contributed by atoms with Gasteiger partial charge in [-0.1, -0.05) is 12.1 Å². The van der Waals surface area contributed by atoms with Crippen molar-refractivity contribution in [3.8, 4) is 0 Å². The minimum absolute atomic E-state index is 0.138. The number of amides is 2. The standard InChI is InChI=1S/C18H20N4O2/c1-11-5-7-15(19-13(3)23)9-17(11)21-22-18-10-16(20-14(4)24)8-6-12(18)2/h5-10H,1-4H3,(H,19,23)(H,20,24). The molecule has 2 amide bonds. The van der Waals surface area contributed by atoms with Crippen LogP contribution in [-0.2, 0) is 9.59 Å². The number of aryl methyl sites for hydroxylation is 2. The molecule has 6 heteroatoms. The maximum absolute atomic E-state index is 11.2. The molecule has 6 nitrogen and oxygen atoms in total. The zero-order valence-corrected chi connectivity index (χ0v) is 14.2. The highest BCUT2D eigenvalue weighted by molar-refractivity contribution is 5.89. The number of benzene rings is 2. The summed E-state index contributed by atoms with van der Waals surface area (Å²) in [4.78, 5) is 22.3. The summed E-state index contributed by atoms with van der Waals surface area (Å²) < 4.78 is 0. The highest BCUT2D eigenvalue weighted by Crippen LogP contribution is 2.28. The van der Waals surface area contributed by atoms with Crippen LogP contribution in [-0.4, -0.2) is 11.8 Å². The third-order valence-corrected chi connectivity index (χ3v) is 3.32. The molecule has 2 aromatic rings. The number of hydrogen-bond donors (Lipinski definition) is 2. The molecule has 0 atom stereocenters. The smallest absolute Gasteiger partial charge is 0.221 e. The van der Waals surface area contributed by atoms with Crippen molar-refractivity contribution in [2.45, 2.75) is 27.7 Å². The molecule has 0 unspecified atom stereocenters. The second kappa shape index (κ2) is 7.50. The van der Waals surface area contributed by atoms with Gasteiger partial charge in [-0.2, -0.15) is 10.2 Å². The summed E-state index contributed by atoms with van der Waals surface area (Å²) in [5.41, 5.74) is 4.58. The first-order valence-corrected chi connectivity index (χ1v) is 7.53. The van der Waals surface area contributed by atoms with Gasteiger partial charge in [-0.15, -0.1) is 0 Å². The number of carbonyl (C=O) groups excluding carboxylic acids is 2. The number of nitrogens with one attached hydrogen (secondary N) is 2. The van der Waals surface area contributed by atoms with E-state index in [-0.39, 0.29) is 11.8 Å². The van der Waals surface area contributed by atoms with Crippen LogP contribution in [0.25, 0.3) is 0 Å². The Balaban J connectivity index is 2.30. The normalized spacial score (nSPS) is 10.7. The van der Waals surface area contributed by atoms with Gasteiger partial charge in [0.2, 0.25) is 11.8 Å². The maximum atomic E-state index is 11.2. The zero-order chi connectivity index (χ0) is 17.7. The third-order valence-electron chi connectivity index (χ3n) is 3.32. The highest BCUT2D eigenvalue weighted by atomic mass is 16.2. The van der Waals surface area contributed by atoms with Gasteiger partial charge in [-0.3, -0.25) is 9.59 Å². The Bertz CT molecular complexity index is 745.